The minimum atomic E-state index is -0.397. The monoisotopic (exact) mass is 432 g/mol. The molecular formula is C23H30F2N4O2. The summed E-state index contributed by atoms with van der Waals surface area (Å²) >= 11 is 0. The molecule has 1 aromatic heterocycles. The molecule has 2 heterocycles. The number of hydrogen-bond donors (Lipinski definition) is 1. The number of hydrogen-bond acceptors (Lipinski definition) is 4. The van der Waals surface area contributed by atoms with Crippen LogP contribution in [0.3, 0.4) is 0 Å². The van der Waals surface area contributed by atoms with Crippen LogP contribution >= 0.6 is 0 Å². The first-order chi connectivity index (χ1) is 15.0. The number of pyridine rings is 1. The second-order valence-electron chi connectivity index (χ2n) is 7.82. The lowest BCUT2D eigenvalue weighted by Crippen LogP contribution is -2.49. The van der Waals surface area contributed by atoms with Gasteiger partial charge in [0.25, 0.3) is 0 Å². The average molecular weight is 433 g/mol. The van der Waals surface area contributed by atoms with Gasteiger partial charge < -0.3 is 19.9 Å². The molecule has 1 N–H and O–H groups in total. The molecule has 1 saturated heterocycles. The third kappa shape index (κ3) is 7.17. The van der Waals surface area contributed by atoms with Crippen molar-refractivity contribution in [2.75, 3.05) is 33.4 Å². The molecule has 1 aliphatic rings. The molecule has 0 atom stereocenters. The summed E-state index contributed by atoms with van der Waals surface area (Å²) in [6.07, 6.45) is 3.32. The number of carbonyl (C=O) groups is 1. The number of urea groups is 1. The highest BCUT2D eigenvalue weighted by atomic mass is 19.1. The SMILES string of the molecule is CN1CCC(N(Cc2ccc(F)cn2)C(=O)NCc2ccc(OCCCF)cc2)CC1. The van der Waals surface area contributed by atoms with E-state index in [1.165, 1.54) is 12.3 Å². The number of halogens is 2. The van der Waals surface area contributed by atoms with Crippen LogP contribution < -0.4 is 10.1 Å². The van der Waals surface area contributed by atoms with Crippen molar-refractivity contribution >= 4 is 6.03 Å². The van der Waals surface area contributed by atoms with Crippen molar-refractivity contribution in [3.05, 3.63) is 59.7 Å². The summed E-state index contributed by atoms with van der Waals surface area (Å²) in [5.74, 6) is 0.287. The summed E-state index contributed by atoms with van der Waals surface area (Å²) < 4.78 is 30.8. The van der Waals surface area contributed by atoms with Crippen LogP contribution in [0.5, 0.6) is 5.75 Å². The van der Waals surface area contributed by atoms with E-state index in [1.54, 1.807) is 6.07 Å². The number of rotatable bonds is 9. The molecule has 3 rings (SSSR count). The van der Waals surface area contributed by atoms with Gasteiger partial charge >= 0.3 is 6.03 Å². The number of likely N-dealkylation sites (tertiary alicyclic amines) is 1. The molecular weight excluding hydrogens is 402 g/mol. The minimum absolute atomic E-state index is 0.106. The molecule has 0 saturated carbocycles. The number of ether oxygens (including phenoxy) is 1. The van der Waals surface area contributed by atoms with E-state index in [-0.39, 0.29) is 12.1 Å². The number of amides is 2. The lowest BCUT2D eigenvalue weighted by atomic mass is 10.0. The predicted molar refractivity (Wildman–Crippen MR) is 115 cm³/mol. The van der Waals surface area contributed by atoms with Crippen LogP contribution in [0.2, 0.25) is 0 Å². The molecule has 6 nitrogen and oxygen atoms in total. The summed E-state index contributed by atoms with van der Waals surface area (Å²) in [5.41, 5.74) is 1.60. The first-order valence-electron chi connectivity index (χ1n) is 10.7. The first-order valence-corrected chi connectivity index (χ1v) is 10.7. The summed E-state index contributed by atoms with van der Waals surface area (Å²) in [7, 11) is 2.08. The molecule has 168 valence electrons. The van der Waals surface area contributed by atoms with Crippen molar-refractivity contribution in [3.8, 4) is 5.75 Å². The number of benzene rings is 1. The van der Waals surface area contributed by atoms with Gasteiger partial charge in [0.1, 0.15) is 11.6 Å². The summed E-state index contributed by atoms with van der Waals surface area (Å²) in [5, 5.41) is 2.99. The average Bonchev–Trinajstić information content (AvgIpc) is 2.79. The van der Waals surface area contributed by atoms with Gasteiger partial charge in [-0.3, -0.25) is 9.37 Å². The topological polar surface area (TPSA) is 57.7 Å². The second kappa shape index (κ2) is 11.6. The fraction of sp³-hybridized carbons (Fsp3) is 0.478. The van der Waals surface area contributed by atoms with Crippen molar-refractivity contribution in [1.82, 2.24) is 20.1 Å². The number of alkyl halides is 1. The maximum Gasteiger partial charge on any atom is 0.318 e. The molecule has 31 heavy (non-hydrogen) atoms. The molecule has 1 aromatic carbocycles. The highest BCUT2D eigenvalue weighted by molar-refractivity contribution is 5.74. The minimum Gasteiger partial charge on any atom is -0.494 e. The third-order valence-electron chi connectivity index (χ3n) is 5.42. The number of nitrogens with one attached hydrogen (secondary N) is 1. The Morgan fingerprint density at radius 1 is 1.23 bits per heavy atom. The fourth-order valence-electron chi connectivity index (χ4n) is 3.58. The van der Waals surface area contributed by atoms with Crippen molar-refractivity contribution in [2.45, 2.75) is 38.4 Å². The second-order valence-corrected chi connectivity index (χ2v) is 7.82. The number of nitrogens with zero attached hydrogens (tertiary/aromatic N) is 3. The van der Waals surface area contributed by atoms with Gasteiger partial charge in [0.15, 0.2) is 0 Å². The molecule has 2 aromatic rings. The van der Waals surface area contributed by atoms with Gasteiger partial charge in [-0.1, -0.05) is 12.1 Å². The van der Waals surface area contributed by atoms with Gasteiger partial charge in [-0.2, -0.15) is 0 Å². The van der Waals surface area contributed by atoms with Gasteiger partial charge in [0.2, 0.25) is 0 Å². The van der Waals surface area contributed by atoms with Crippen LogP contribution in [-0.2, 0) is 13.1 Å². The Labute approximate surface area is 182 Å². The first kappa shape index (κ1) is 22.9. The molecule has 8 heteroatoms. The van der Waals surface area contributed by atoms with Gasteiger partial charge in [0, 0.05) is 19.0 Å². The largest absolute Gasteiger partial charge is 0.494 e. The smallest absolute Gasteiger partial charge is 0.318 e. The third-order valence-corrected chi connectivity index (χ3v) is 5.42. The van der Waals surface area contributed by atoms with Crippen LogP contribution in [0, 0.1) is 5.82 Å². The fourth-order valence-corrected chi connectivity index (χ4v) is 3.58. The van der Waals surface area contributed by atoms with Crippen molar-refractivity contribution in [3.63, 3.8) is 0 Å². The quantitative estimate of drug-likeness (QED) is 0.613. The van der Waals surface area contributed by atoms with Gasteiger partial charge in [0.05, 0.1) is 31.7 Å². The molecule has 0 unspecified atom stereocenters. The zero-order valence-corrected chi connectivity index (χ0v) is 17.9. The number of carbonyl (C=O) groups excluding carboxylic acids is 1. The Bertz CT molecular complexity index is 809. The van der Waals surface area contributed by atoms with Gasteiger partial charge in [-0.15, -0.1) is 0 Å². The molecule has 0 spiro atoms. The molecule has 0 radical (unpaired) electrons. The molecule has 1 fully saturated rings. The molecule has 0 bridgehead atoms. The van der Waals surface area contributed by atoms with Gasteiger partial charge in [-0.05, 0) is 62.8 Å². The Morgan fingerprint density at radius 3 is 2.61 bits per heavy atom. The van der Waals surface area contributed by atoms with Crippen LogP contribution in [0.1, 0.15) is 30.5 Å². The van der Waals surface area contributed by atoms with Crippen LogP contribution in [0.15, 0.2) is 42.6 Å². The molecule has 0 aliphatic carbocycles. The van der Waals surface area contributed by atoms with Gasteiger partial charge in [-0.25, -0.2) is 9.18 Å². The van der Waals surface area contributed by atoms with E-state index in [0.717, 1.165) is 31.5 Å². The van der Waals surface area contributed by atoms with Crippen molar-refractivity contribution in [2.24, 2.45) is 0 Å². The highest BCUT2D eigenvalue weighted by Crippen LogP contribution is 2.19. The van der Waals surface area contributed by atoms with E-state index >= 15 is 0 Å². The Kier molecular flexibility index (Phi) is 8.58. The number of aromatic nitrogens is 1. The highest BCUT2D eigenvalue weighted by Gasteiger charge is 2.27. The molecule has 2 amide bonds. The number of piperidine rings is 1. The summed E-state index contributed by atoms with van der Waals surface area (Å²) in [6, 6.07) is 10.3. The standard InChI is InChI=1S/C23H30F2N4O2/c1-28-12-9-21(10-13-28)29(17-20-6-5-19(25)16-26-20)23(30)27-15-18-3-7-22(8-4-18)31-14-2-11-24/h3-8,16,21H,2,9-15,17H2,1H3,(H,27,30). The van der Waals surface area contributed by atoms with E-state index < -0.39 is 12.5 Å². The van der Waals surface area contributed by atoms with E-state index in [9.17, 15) is 13.6 Å². The van der Waals surface area contributed by atoms with Crippen LogP contribution in [0.4, 0.5) is 13.6 Å². The lowest BCUT2D eigenvalue weighted by molar-refractivity contribution is 0.126. The van der Waals surface area contributed by atoms with Crippen molar-refractivity contribution in [1.29, 1.82) is 0 Å². The zero-order valence-electron chi connectivity index (χ0n) is 17.9. The molecule has 1 aliphatic heterocycles. The lowest BCUT2D eigenvalue weighted by Gasteiger charge is -2.37. The van der Waals surface area contributed by atoms with E-state index in [1.807, 2.05) is 29.2 Å². The normalized spacial score (nSPS) is 14.9. The Morgan fingerprint density at radius 2 is 1.97 bits per heavy atom. The summed E-state index contributed by atoms with van der Waals surface area (Å²) in [6.45, 7) is 2.51. The maximum absolute atomic E-state index is 13.2. The predicted octanol–water partition coefficient (Wildman–Crippen LogP) is 3.77. The Hall–Kier alpha value is -2.74. The van der Waals surface area contributed by atoms with E-state index in [0.29, 0.717) is 37.6 Å². The van der Waals surface area contributed by atoms with E-state index in [4.69, 9.17) is 4.74 Å². The maximum atomic E-state index is 13.2. The van der Waals surface area contributed by atoms with Crippen LogP contribution in [-0.4, -0.2) is 60.3 Å². The summed E-state index contributed by atoms with van der Waals surface area (Å²) in [4.78, 5) is 21.2. The Balaban J connectivity index is 1.60. The van der Waals surface area contributed by atoms with Crippen LogP contribution in [0.25, 0.3) is 0 Å². The van der Waals surface area contributed by atoms with E-state index in [2.05, 4.69) is 22.2 Å². The zero-order chi connectivity index (χ0) is 22.1. The van der Waals surface area contributed by atoms with Crippen molar-refractivity contribution < 1.29 is 18.3 Å².